The Morgan fingerprint density at radius 2 is 2.11 bits per heavy atom. The lowest BCUT2D eigenvalue weighted by Gasteiger charge is -2.31. The Balaban J connectivity index is 2.01. The Hall–Kier alpha value is -1.92. The SMILES string of the molecule is O=C(O)C(c1noc2ccccc12)N1CCNCC1. The van der Waals surface area contributed by atoms with Gasteiger partial charge in [0.15, 0.2) is 11.6 Å². The predicted molar refractivity (Wildman–Crippen MR) is 68.8 cm³/mol. The summed E-state index contributed by atoms with van der Waals surface area (Å²) < 4.78 is 5.22. The molecule has 6 heteroatoms. The van der Waals surface area contributed by atoms with Crippen molar-refractivity contribution in [1.29, 1.82) is 0 Å². The van der Waals surface area contributed by atoms with E-state index in [-0.39, 0.29) is 0 Å². The molecule has 6 nitrogen and oxygen atoms in total. The molecular formula is C13H15N3O3. The fraction of sp³-hybridized carbons (Fsp3) is 0.385. The summed E-state index contributed by atoms with van der Waals surface area (Å²) in [5.41, 5.74) is 1.11. The van der Waals surface area contributed by atoms with E-state index >= 15 is 0 Å². The molecule has 0 spiro atoms. The number of benzene rings is 1. The molecular weight excluding hydrogens is 246 g/mol. The average Bonchev–Trinajstić information content (AvgIpc) is 2.84. The van der Waals surface area contributed by atoms with Crippen LogP contribution in [0.5, 0.6) is 0 Å². The van der Waals surface area contributed by atoms with Gasteiger partial charge in [-0.2, -0.15) is 0 Å². The van der Waals surface area contributed by atoms with Gasteiger partial charge in [0, 0.05) is 31.6 Å². The van der Waals surface area contributed by atoms with Crippen LogP contribution < -0.4 is 5.32 Å². The molecule has 1 fully saturated rings. The minimum absolute atomic E-state index is 0.491. The number of hydrogen-bond donors (Lipinski definition) is 2. The molecule has 0 saturated carbocycles. The molecule has 1 aromatic carbocycles. The van der Waals surface area contributed by atoms with Gasteiger partial charge in [0.1, 0.15) is 5.69 Å². The Morgan fingerprint density at radius 3 is 2.84 bits per heavy atom. The first kappa shape index (κ1) is 12.1. The van der Waals surface area contributed by atoms with E-state index in [2.05, 4.69) is 10.5 Å². The van der Waals surface area contributed by atoms with E-state index < -0.39 is 12.0 Å². The van der Waals surface area contributed by atoms with Gasteiger partial charge in [-0.1, -0.05) is 17.3 Å². The largest absolute Gasteiger partial charge is 0.480 e. The normalized spacial score (nSPS) is 18.5. The van der Waals surface area contributed by atoms with Crippen molar-refractivity contribution in [3.63, 3.8) is 0 Å². The smallest absolute Gasteiger partial charge is 0.327 e. The minimum atomic E-state index is -0.888. The van der Waals surface area contributed by atoms with E-state index in [1.807, 2.05) is 23.1 Å². The number of carboxylic acid groups (broad SMARTS) is 1. The summed E-state index contributed by atoms with van der Waals surface area (Å²) in [4.78, 5) is 13.5. The van der Waals surface area contributed by atoms with E-state index in [0.717, 1.165) is 18.5 Å². The molecule has 3 rings (SSSR count). The third-order valence-electron chi connectivity index (χ3n) is 3.42. The summed E-state index contributed by atoms with van der Waals surface area (Å²) in [6.45, 7) is 2.97. The van der Waals surface area contributed by atoms with Crippen LogP contribution in [0.1, 0.15) is 11.7 Å². The summed E-state index contributed by atoms with van der Waals surface area (Å²) in [6, 6.07) is 6.60. The van der Waals surface area contributed by atoms with Gasteiger partial charge in [-0.3, -0.25) is 9.69 Å². The van der Waals surface area contributed by atoms with Crippen molar-refractivity contribution >= 4 is 16.9 Å². The number of carboxylic acids is 1. The van der Waals surface area contributed by atoms with E-state index in [1.165, 1.54) is 0 Å². The maximum atomic E-state index is 11.6. The third kappa shape index (κ3) is 2.20. The highest BCUT2D eigenvalue weighted by Crippen LogP contribution is 2.28. The Bertz CT molecular complexity index is 590. The summed E-state index contributed by atoms with van der Waals surface area (Å²) in [5, 5.41) is 17.5. The minimum Gasteiger partial charge on any atom is -0.480 e. The lowest BCUT2D eigenvalue weighted by molar-refractivity contribution is -0.144. The molecule has 1 saturated heterocycles. The monoisotopic (exact) mass is 261 g/mol. The molecule has 2 aromatic rings. The number of para-hydroxylation sites is 1. The first-order valence-corrected chi connectivity index (χ1v) is 6.29. The molecule has 0 amide bonds. The standard InChI is InChI=1S/C13H15N3O3/c17-13(18)12(16-7-5-14-6-8-16)11-9-3-1-2-4-10(9)19-15-11/h1-4,12,14H,5-8H2,(H,17,18). The van der Waals surface area contributed by atoms with Crippen LogP contribution in [0, 0.1) is 0 Å². The zero-order valence-electron chi connectivity index (χ0n) is 10.4. The molecule has 1 aliphatic rings. The van der Waals surface area contributed by atoms with Crippen LogP contribution in [0.15, 0.2) is 28.8 Å². The van der Waals surface area contributed by atoms with Crippen LogP contribution in [0.2, 0.25) is 0 Å². The topological polar surface area (TPSA) is 78.6 Å². The average molecular weight is 261 g/mol. The Kier molecular flexibility index (Phi) is 3.18. The summed E-state index contributed by atoms with van der Waals surface area (Å²) >= 11 is 0. The van der Waals surface area contributed by atoms with Gasteiger partial charge >= 0.3 is 5.97 Å². The van der Waals surface area contributed by atoms with Crippen LogP contribution in [0.4, 0.5) is 0 Å². The summed E-state index contributed by atoms with van der Waals surface area (Å²) in [7, 11) is 0. The Morgan fingerprint density at radius 1 is 1.37 bits per heavy atom. The van der Waals surface area contributed by atoms with Crippen molar-refractivity contribution in [3.8, 4) is 0 Å². The number of nitrogens with one attached hydrogen (secondary N) is 1. The zero-order valence-corrected chi connectivity index (χ0v) is 10.4. The number of aromatic nitrogens is 1. The van der Waals surface area contributed by atoms with Crippen molar-refractivity contribution in [2.75, 3.05) is 26.2 Å². The second-order valence-corrected chi connectivity index (χ2v) is 4.59. The van der Waals surface area contributed by atoms with Gasteiger partial charge in [-0.05, 0) is 12.1 Å². The molecule has 1 unspecified atom stereocenters. The fourth-order valence-corrected chi connectivity index (χ4v) is 2.49. The van der Waals surface area contributed by atoms with E-state index in [0.29, 0.717) is 24.4 Å². The van der Waals surface area contributed by atoms with Gasteiger partial charge in [-0.15, -0.1) is 0 Å². The van der Waals surface area contributed by atoms with Crippen molar-refractivity contribution in [3.05, 3.63) is 30.0 Å². The first-order chi connectivity index (χ1) is 9.27. The number of hydrogen-bond acceptors (Lipinski definition) is 5. The molecule has 0 radical (unpaired) electrons. The van der Waals surface area contributed by atoms with Crippen LogP contribution in [0.25, 0.3) is 11.0 Å². The highest BCUT2D eigenvalue weighted by atomic mass is 16.5. The number of carbonyl (C=O) groups is 1. The fourth-order valence-electron chi connectivity index (χ4n) is 2.49. The highest BCUT2D eigenvalue weighted by molar-refractivity contribution is 5.86. The predicted octanol–water partition coefficient (Wildman–Crippen LogP) is 0.859. The van der Waals surface area contributed by atoms with Crippen LogP contribution in [0.3, 0.4) is 0 Å². The van der Waals surface area contributed by atoms with Crippen LogP contribution >= 0.6 is 0 Å². The second-order valence-electron chi connectivity index (χ2n) is 4.59. The lowest BCUT2D eigenvalue weighted by atomic mass is 10.1. The number of nitrogens with zero attached hydrogens (tertiary/aromatic N) is 2. The molecule has 0 aliphatic carbocycles. The quantitative estimate of drug-likeness (QED) is 0.853. The van der Waals surface area contributed by atoms with Crippen LogP contribution in [-0.2, 0) is 4.79 Å². The van der Waals surface area contributed by atoms with Gasteiger partial charge in [0.25, 0.3) is 0 Å². The molecule has 0 bridgehead atoms. The van der Waals surface area contributed by atoms with Crippen molar-refractivity contribution in [1.82, 2.24) is 15.4 Å². The number of rotatable bonds is 3. The number of aliphatic carboxylic acids is 1. The molecule has 19 heavy (non-hydrogen) atoms. The third-order valence-corrected chi connectivity index (χ3v) is 3.42. The Labute approximate surface area is 110 Å². The van der Waals surface area contributed by atoms with E-state index in [1.54, 1.807) is 6.07 Å². The summed E-state index contributed by atoms with van der Waals surface area (Å²) in [5.74, 6) is -0.888. The maximum Gasteiger partial charge on any atom is 0.327 e. The van der Waals surface area contributed by atoms with E-state index in [9.17, 15) is 9.90 Å². The maximum absolute atomic E-state index is 11.6. The van der Waals surface area contributed by atoms with Gasteiger partial charge in [0.2, 0.25) is 0 Å². The van der Waals surface area contributed by atoms with Gasteiger partial charge in [-0.25, -0.2) is 0 Å². The molecule has 2 N–H and O–H groups in total. The highest BCUT2D eigenvalue weighted by Gasteiger charge is 2.32. The molecule has 1 aromatic heterocycles. The van der Waals surface area contributed by atoms with Gasteiger partial charge in [0.05, 0.1) is 0 Å². The van der Waals surface area contributed by atoms with Crippen molar-refractivity contribution < 1.29 is 14.4 Å². The summed E-state index contributed by atoms with van der Waals surface area (Å²) in [6.07, 6.45) is 0. The molecule has 2 heterocycles. The van der Waals surface area contributed by atoms with Gasteiger partial charge < -0.3 is 14.9 Å². The molecule has 100 valence electrons. The number of piperazine rings is 1. The zero-order chi connectivity index (χ0) is 13.2. The van der Waals surface area contributed by atoms with E-state index in [4.69, 9.17) is 4.52 Å². The molecule has 1 aliphatic heterocycles. The van der Waals surface area contributed by atoms with Crippen molar-refractivity contribution in [2.45, 2.75) is 6.04 Å². The first-order valence-electron chi connectivity index (χ1n) is 6.29. The van der Waals surface area contributed by atoms with Crippen molar-refractivity contribution in [2.24, 2.45) is 0 Å². The number of fused-ring (bicyclic) bond motifs is 1. The van der Waals surface area contributed by atoms with Crippen LogP contribution in [-0.4, -0.2) is 47.3 Å². The lowest BCUT2D eigenvalue weighted by Crippen LogP contribution is -2.47. The second kappa shape index (κ2) is 4.99. The molecule has 1 atom stereocenters.